The first-order valence-corrected chi connectivity index (χ1v) is 9.31. The van der Waals surface area contributed by atoms with Gasteiger partial charge in [0.25, 0.3) is 0 Å². The fourth-order valence-electron chi connectivity index (χ4n) is 2.68. The molecule has 0 saturated heterocycles. The molecule has 1 atom stereocenters. The van der Waals surface area contributed by atoms with Crippen molar-refractivity contribution in [1.82, 2.24) is 5.32 Å². The van der Waals surface area contributed by atoms with E-state index in [9.17, 15) is 0 Å². The van der Waals surface area contributed by atoms with Crippen molar-refractivity contribution in [3.8, 4) is 5.75 Å². The number of hydrogen-bond donors (Lipinski definition) is 1. The van der Waals surface area contributed by atoms with Crippen LogP contribution in [-0.2, 0) is 13.2 Å². The van der Waals surface area contributed by atoms with Gasteiger partial charge in [-0.25, -0.2) is 0 Å². The lowest BCUT2D eigenvalue weighted by Gasteiger charge is -2.15. The van der Waals surface area contributed by atoms with E-state index in [1.54, 1.807) is 6.07 Å². The van der Waals surface area contributed by atoms with Crippen molar-refractivity contribution in [2.75, 3.05) is 0 Å². The number of rotatable bonds is 7. The number of hydrogen-bond acceptors (Lipinski definition) is 2. The molecule has 0 aromatic heterocycles. The van der Waals surface area contributed by atoms with Crippen LogP contribution in [0.1, 0.15) is 29.7 Å². The number of halogens is 2. The van der Waals surface area contributed by atoms with E-state index in [1.165, 1.54) is 11.1 Å². The maximum absolute atomic E-state index is 6.20. The Kier molecular flexibility index (Phi) is 6.56. The third-order valence-corrected chi connectivity index (χ3v) is 4.81. The van der Waals surface area contributed by atoms with Crippen molar-refractivity contribution in [2.24, 2.45) is 0 Å². The van der Waals surface area contributed by atoms with Crippen LogP contribution in [0.2, 0.25) is 10.0 Å². The zero-order valence-corrected chi connectivity index (χ0v) is 16.1. The van der Waals surface area contributed by atoms with Crippen LogP contribution in [0, 0.1) is 0 Å². The molecule has 4 heteroatoms. The third-order valence-electron chi connectivity index (χ3n) is 4.22. The maximum Gasteiger partial charge on any atom is 0.120 e. The van der Waals surface area contributed by atoms with Crippen molar-refractivity contribution in [1.29, 1.82) is 0 Å². The summed E-state index contributed by atoms with van der Waals surface area (Å²) >= 11 is 12.1. The summed E-state index contributed by atoms with van der Waals surface area (Å²) < 4.78 is 5.89. The van der Waals surface area contributed by atoms with Gasteiger partial charge >= 0.3 is 0 Å². The van der Waals surface area contributed by atoms with Crippen LogP contribution in [0.15, 0.2) is 72.8 Å². The molecular weight excluding hydrogens is 365 g/mol. The molecule has 0 fully saturated rings. The normalized spacial score (nSPS) is 12.0. The van der Waals surface area contributed by atoms with Crippen LogP contribution >= 0.6 is 23.2 Å². The molecule has 0 amide bonds. The molecule has 3 aromatic rings. The highest BCUT2D eigenvalue weighted by atomic mass is 35.5. The van der Waals surface area contributed by atoms with E-state index in [0.29, 0.717) is 16.7 Å². The van der Waals surface area contributed by atoms with Gasteiger partial charge in [0.2, 0.25) is 0 Å². The Morgan fingerprint density at radius 1 is 0.923 bits per heavy atom. The summed E-state index contributed by atoms with van der Waals surface area (Å²) in [5.74, 6) is 0.822. The van der Waals surface area contributed by atoms with Gasteiger partial charge in [0.15, 0.2) is 0 Å². The molecule has 134 valence electrons. The Labute approximate surface area is 164 Å². The standard InChI is InChI=1S/C22H21Cl2NO/c1-16(18-7-3-2-4-8-18)25-14-17-6-5-9-21(12-17)26-15-19-10-11-20(23)13-22(19)24/h2-13,16,25H,14-15H2,1H3/t16-/m0/s1. The fourth-order valence-corrected chi connectivity index (χ4v) is 3.14. The quantitative estimate of drug-likeness (QED) is 0.506. The molecule has 0 saturated carbocycles. The molecule has 0 aliphatic carbocycles. The van der Waals surface area contributed by atoms with Gasteiger partial charge < -0.3 is 10.1 Å². The molecule has 2 nitrogen and oxygen atoms in total. The smallest absolute Gasteiger partial charge is 0.120 e. The number of ether oxygens (including phenoxy) is 1. The Bertz CT molecular complexity index is 852. The van der Waals surface area contributed by atoms with Crippen molar-refractivity contribution in [3.63, 3.8) is 0 Å². The lowest BCUT2D eigenvalue weighted by atomic mass is 10.1. The Hall–Kier alpha value is -2.00. The monoisotopic (exact) mass is 385 g/mol. The lowest BCUT2D eigenvalue weighted by Crippen LogP contribution is -2.17. The van der Waals surface area contributed by atoms with Crippen LogP contribution in [0.25, 0.3) is 0 Å². The summed E-state index contributed by atoms with van der Waals surface area (Å²) in [5.41, 5.74) is 3.36. The fraction of sp³-hybridized carbons (Fsp3) is 0.182. The highest BCUT2D eigenvalue weighted by Gasteiger charge is 2.06. The second-order valence-corrected chi connectivity index (χ2v) is 7.03. The van der Waals surface area contributed by atoms with Gasteiger partial charge in [0, 0.05) is 28.2 Å². The van der Waals surface area contributed by atoms with Gasteiger partial charge in [-0.05, 0) is 42.3 Å². The SMILES string of the molecule is C[C@H](NCc1cccc(OCc2ccc(Cl)cc2Cl)c1)c1ccccc1. The van der Waals surface area contributed by atoms with Crippen LogP contribution in [0.4, 0.5) is 0 Å². The van der Waals surface area contributed by atoms with E-state index in [0.717, 1.165) is 17.9 Å². The molecule has 3 rings (SSSR count). The number of nitrogens with one attached hydrogen (secondary N) is 1. The van der Waals surface area contributed by atoms with Crippen molar-refractivity contribution in [3.05, 3.63) is 99.5 Å². The van der Waals surface area contributed by atoms with E-state index >= 15 is 0 Å². The van der Waals surface area contributed by atoms with Crippen LogP contribution in [-0.4, -0.2) is 0 Å². The molecule has 0 spiro atoms. The Morgan fingerprint density at radius 3 is 2.50 bits per heavy atom. The predicted octanol–water partition coefficient (Wildman–Crippen LogP) is 6.42. The summed E-state index contributed by atoms with van der Waals surface area (Å²) in [6, 6.07) is 24.2. The molecule has 3 aromatic carbocycles. The van der Waals surface area contributed by atoms with Crippen LogP contribution < -0.4 is 10.1 Å². The average molecular weight is 386 g/mol. The molecule has 1 N–H and O–H groups in total. The first-order valence-electron chi connectivity index (χ1n) is 8.56. The van der Waals surface area contributed by atoms with Gasteiger partial charge in [-0.15, -0.1) is 0 Å². The van der Waals surface area contributed by atoms with Gasteiger partial charge in [-0.2, -0.15) is 0 Å². The average Bonchev–Trinajstić information content (AvgIpc) is 2.66. The summed E-state index contributed by atoms with van der Waals surface area (Å²) in [4.78, 5) is 0. The first kappa shape index (κ1) is 18.8. The Morgan fingerprint density at radius 2 is 1.73 bits per heavy atom. The van der Waals surface area contributed by atoms with Crippen molar-refractivity contribution in [2.45, 2.75) is 26.1 Å². The van der Waals surface area contributed by atoms with Gasteiger partial charge in [0.1, 0.15) is 12.4 Å². The summed E-state index contributed by atoms with van der Waals surface area (Å²) in [7, 11) is 0. The number of benzene rings is 3. The van der Waals surface area contributed by atoms with Gasteiger partial charge in [-0.3, -0.25) is 0 Å². The topological polar surface area (TPSA) is 21.3 Å². The highest BCUT2D eigenvalue weighted by Crippen LogP contribution is 2.23. The van der Waals surface area contributed by atoms with Gasteiger partial charge in [0.05, 0.1) is 0 Å². The molecule has 0 unspecified atom stereocenters. The minimum atomic E-state index is 0.286. The predicted molar refractivity (Wildman–Crippen MR) is 109 cm³/mol. The van der Waals surface area contributed by atoms with Crippen molar-refractivity contribution >= 4 is 23.2 Å². The molecule has 26 heavy (non-hydrogen) atoms. The molecule has 0 aliphatic heterocycles. The van der Waals surface area contributed by atoms with Crippen molar-refractivity contribution < 1.29 is 4.74 Å². The zero-order chi connectivity index (χ0) is 18.4. The van der Waals surface area contributed by atoms with E-state index in [4.69, 9.17) is 27.9 Å². The summed E-state index contributed by atoms with van der Waals surface area (Å²) in [6.07, 6.45) is 0. The zero-order valence-electron chi connectivity index (χ0n) is 14.6. The molecular formula is C22H21Cl2NO. The van der Waals surface area contributed by atoms with E-state index < -0.39 is 0 Å². The van der Waals surface area contributed by atoms with Gasteiger partial charge in [-0.1, -0.05) is 71.7 Å². The first-order chi connectivity index (χ1) is 12.6. The lowest BCUT2D eigenvalue weighted by molar-refractivity contribution is 0.306. The van der Waals surface area contributed by atoms with E-state index in [2.05, 4.69) is 48.6 Å². The third kappa shape index (κ3) is 5.25. The maximum atomic E-state index is 6.20. The molecule has 0 aliphatic rings. The largest absolute Gasteiger partial charge is 0.489 e. The Balaban J connectivity index is 1.57. The molecule has 0 radical (unpaired) electrons. The summed E-state index contributed by atoms with van der Waals surface area (Å²) in [5, 5.41) is 4.78. The summed E-state index contributed by atoms with van der Waals surface area (Å²) in [6.45, 7) is 3.35. The van der Waals surface area contributed by atoms with Crippen LogP contribution in [0.5, 0.6) is 5.75 Å². The molecule has 0 heterocycles. The minimum Gasteiger partial charge on any atom is -0.489 e. The van der Waals surface area contributed by atoms with Crippen LogP contribution in [0.3, 0.4) is 0 Å². The second-order valence-electron chi connectivity index (χ2n) is 6.19. The highest BCUT2D eigenvalue weighted by molar-refractivity contribution is 6.35. The van der Waals surface area contributed by atoms with E-state index in [1.807, 2.05) is 30.3 Å². The second kappa shape index (κ2) is 9.09. The van der Waals surface area contributed by atoms with E-state index in [-0.39, 0.29) is 6.04 Å². The minimum absolute atomic E-state index is 0.286. The molecule has 0 bridgehead atoms.